The van der Waals surface area contributed by atoms with Crippen molar-refractivity contribution in [3.8, 4) is 0 Å². The highest BCUT2D eigenvalue weighted by Crippen LogP contribution is 2.23. The highest BCUT2D eigenvalue weighted by atomic mass is 35.5. The van der Waals surface area contributed by atoms with E-state index in [1.165, 1.54) is 0 Å². The van der Waals surface area contributed by atoms with E-state index in [1.807, 2.05) is 12.1 Å². The van der Waals surface area contributed by atoms with Crippen LogP contribution >= 0.6 is 34.8 Å². The van der Waals surface area contributed by atoms with E-state index in [9.17, 15) is 0 Å². The summed E-state index contributed by atoms with van der Waals surface area (Å²) in [6.07, 6.45) is 2.02. The van der Waals surface area contributed by atoms with Gasteiger partial charge >= 0.3 is 0 Å². The molecule has 1 aromatic rings. The van der Waals surface area contributed by atoms with Gasteiger partial charge in [-0.25, -0.2) is 0 Å². The molecule has 0 saturated heterocycles. The molecule has 1 rings (SSSR count). The normalized spacial score (nSPS) is 12.9. The molecular weight excluding hydrogens is 238 g/mol. The van der Waals surface area contributed by atoms with Crippen molar-refractivity contribution in [2.75, 3.05) is 5.88 Å². The van der Waals surface area contributed by atoms with Gasteiger partial charge in [-0.2, -0.15) is 0 Å². The van der Waals surface area contributed by atoms with Crippen LogP contribution in [0.25, 0.3) is 0 Å². The predicted octanol–water partition coefficient (Wildman–Crippen LogP) is 4.80. The number of alkyl halides is 1. The first-order valence-electron chi connectivity index (χ1n) is 4.63. The van der Waals surface area contributed by atoms with Crippen LogP contribution in [0.4, 0.5) is 0 Å². The second-order valence-corrected chi connectivity index (χ2v) is 4.69. The zero-order valence-corrected chi connectivity index (χ0v) is 10.3. The number of aryl methyl sites for hydroxylation is 1. The first-order chi connectivity index (χ1) is 6.63. The summed E-state index contributed by atoms with van der Waals surface area (Å²) in [7, 11) is 0. The standard InChI is InChI=1S/C11H13Cl3/c1-8(7-12)2-3-9-4-5-10(13)6-11(9)14/h4-6,8H,2-3,7H2,1H3. The maximum Gasteiger partial charge on any atom is 0.0452 e. The molecule has 0 nitrogen and oxygen atoms in total. The summed E-state index contributed by atoms with van der Waals surface area (Å²) in [4.78, 5) is 0. The Balaban J connectivity index is 2.59. The molecule has 0 fully saturated rings. The molecule has 0 saturated carbocycles. The Morgan fingerprint density at radius 2 is 2.00 bits per heavy atom. The van der Waals surface area contributed by atoms with Gasteiger partial charge in [-0.15, -0.1) is 11.6 Å². The van der Waals surface area contributed by atoms with Crippen molar-refractivity contribution >= 4 is 34.8 Å². The Morgan fingerprint density at radius 1 is 1.29 bits per heavy atom. The zero-order chi connectivity index (χ0) is 10.6. The van der Waals surface area contributed by atoms with Gasteiger partial charge in [-0.3, -0.25) is 0 Å². The van der Waals surface area contributed by atoms with Gasteiger partial charge in [-0.05, 0) is 36.5 Å². The van der Waals surface area contributed by atoms with E-state index in [1.54, 1.807) is 6.07 Å². The van der Waals surface area contributed by atoms with E-state index in [0.29, 0.717) is 16.8 Å². The van der Waals surface area contributed by atoms with Crippen LogP contribution in [0.3, 0.4) is 0 Å². The van der Waals surface area contributed by atoms with Gasteiger partial charge in [0.05, 0.1) is 0 Å². The molecule has 0 bridgehead atoms. The molecule has 0 heterocycles. The number of rotatable bonds is 4. The minimum Gasteiger partial charge on any atom is -0.126 e. The highest BCUT2D eigenvalue weighted by molar-refractivity contribution is 6.35. The molecule has 3 heteroatoms. The number of benzene rings is 1. The van der Waals surface area contributed by atoms with E-state index < -0.39 is 0 Å². The molecule has 1 atom stereocenters. The molecule has 0 amide bonds. The highest BCUT2D eigenvalue weighted by Gasteiger charge is 2.04. The summed E-state index contributed by atoms with van der Waals surface area (Å²) >= 11 is 17.6. The lowest BCUT2D eigenvalue weighted by Gasteiger charge is -2.08. The Hall–Kier alpha value is 0.0900. The summed E-state index contributed by atoms with van der Waals surface area (Å²) in [5, 5.41) is 1.43. The van der Waals surface area contributed by atoms with Crippen molar-refractivity contribution in [1.29, 1.82) is 0 Å². The minimum atomic E-state index is 0.531. The number of hydrogen-bond acceptors (Lipinski definition) is 0. The molecule has 0 aromatic heterocycles. The van der Waals surface area contributed by atoms with E-state index >= 15 is 0 Å². The molecule has 1 aromatic carbocycles. The Bertz CT molecular complexity index is 297. The van der Waals surface area contributed by atoms with E-state index in [0.717, 1.165) is 23.4 Å². The van der Waals surface area contributed by atoms with E-state index in [4.69, 9.17) is 34.8 Å². The Morgan fingerprint density at radius 3 is 2.57 bits per heavy atom. The van der Waals surface area contributed by atoms with Crippen molar-refractivity contribution in [1.82, 2.24) is 0 Å². The SMILES string of the molecule is CC(CCl)CCc1ccc(Cl)cc1Cl. The fourth-order valence-electron chi connectivity index (χ4n) is 1.20. The lowest BCUT2D eigenvalue weighted by atomic mass is 10.0. The van der Waals surface area contributed by atoms with Crippen LogP contribution in [0.15, 0.2) is 18.2 Å². The first kappa shape index (κ1) is 12.2. The molecule has 0 aliphatic rings. The average Bonchev–Trinajstić information content (AvgIpc) is 2.16. The molecule has 0 aliphatic carbocycles. The maximum atomic E-state index is 6.04. The smallest absolute Gasteiger partial charge is 0.0452 e. The predicted molar refractivity (Wildman–Crippen MR) is 64.7 cm³/mol. The third-order valence-corrected chi connectivity index (χ3v) is 3.30. The summed E-state index contributed by atoms with van der Waals surface area (Å²) in [6, 6.07) is 5.63. The van der Waals surface area contributed by atoms with Crippen molar-refractivity contribution < 1.29 is 0 Å². The lowest BCUT2D eigenvalue weighted by molar-refractivity contribution is 0.593. The molecule has 1 unspecified atom stereocenters. The molecular formula is C11H13Cl3. The molecule has 14 heavy (non-hydrogen) atoms. The number of hydrogen-bond donors (Lipinski definition) is 0. The van der Waals surface area contributed by atoms with Crippen LogP contribution in [-0.2, 0) is 6.42 Å². The van der Waals surface area contributed by atoms with Crippen LogP contribution in [0.1, 0.15) is 18.9 Å². The van der Waals surface area contributed by atoms with Crippen LogP contribution < -0.4 is 0 Å². The topological polar surface area (TPSA) is 0 Å². The molecule has 0 aliphatic heterocycles. The lowest BCUT2D eigenvalue weighted by Crippen LogP contribution is -1.98. The van der Waals surface area contributed by atoms with E-state index in [2.05, 4.69) is 6.92 Å². The molecule has 78 valence electrons. The summed E-state index contributed by atoms with van der Waals surface area (Å²) in [5.74, 6) is 1.23. The molecule has 0 radical (unpaired) electrons. The fourth-order valence-corrected chi connectivity index (χ4v) is 1.86. The first-order valence-corrected chi connectivity index (χ1v) is 5.92. The quantitative estimate of drug-likeness (QED) is 0.674. The van der Waals surface area contributed by atoms with Gasteiger partial charge in [-0.1, -0.05) is 36.2 Å². The van der Waals surface area contributed by atoms with Gasteiger partial charge in [0.2, 0.25) is 0 Å². The largest absolute Gasteiger partial charge is 0.126 e. The monoisotopic (exact) mass is 250 g/mol. The van der Waals surface area contributed by atoms with Gasteiger partial charge in [0.1, 0.15) is 0 Å². The average molecular weight is 252 g/mol. The fraction of sp³-hybridized carbons (Fsp3) is 0.455. The third-order valence-electron chi connectivity index (χ3n) is 2.18. The van der Waals surface area contributed by atoms with Gasteiger partial charge in [0.25, 0.3) is 0 Å². The van der Waals surface area contributed by atoms with Crippen LogP contribution in [0.5, 0.6) is 0 Å². The second kappa shape index (κ2) is 5.85. The van der Waals surface area contributed by atoms with Crippen molar-refractivity contribution in [3.63, 3.8) is 0 Å². The van der Waals surface area contributed by atoms with Gasteiger partial charge in [0.15, 0.2) is 0 Å². The minimum absolute atomic E-state index is 0.531. The van der Waals surface area contributed by atoms with Crippen molar-refractivity contribution in [2.45, 2.75) is 19.8 Å². The summed E-state index contributed by atoms with van der Waals surface area (Å²) in [5.41, 5.74) is 1.15. The van der Waals surface area contributed by atoms with Crippen LogP contribution in [0, 0.1) is 5.92 Å². The van der Waals surface area contributed by atoms with E-state index in [-0.39, 0.29) is 0 Å². The van der Waals surface area contributed by atoms with Crippen LogP contribution in [0.2, 0.25) is 10.0 Å². The van der Waals surface area contributed by atoms with Gasteiger partial charge < -0.3 is 0 Å². The maximum absolute atomic E-state index is 6.04. The summed E-state index contributed by atoms with van der Waals surface area (Å²) in [6.45, 7) is 2.14. The van der Waals surface area contributed by atoms with Crippen molar-refractivity contribution in [2.24, 2.45) is 5.92 Å². The third kappa shape index (κ3) is 3.68. The second-order valence-electron chi connectivity index (χ2n) is 3.53. The van der Waals surface area contributed by atoms with Crippen molar-refractivity contribution in [3.05, 3.63) is 33.8 Å². The molecule has 0 N–H and O–H groups in total. The zero-order valence-electron chi connectivity index (χ0n) is 8.06. The summed E-state index contributed by atoms with van der Waals surface area (Å²) < 4.78 is 0. The molecule has 0 spiro atoms. The van der Waals surface area contributed by atoms with Crippen LogP contribution in [-0.4, -0.2) is 5.88 Å². The Kier molecular flexibility index (Phi) is 5.08. The van der Waals surface area contributed by atoms with Gasteiger partial charge in [0, 0.05) is 15.9 Å². The number of halogens is 3. The Labute approximate surface area is 100 Å².